The van der Waals surface area contributed by atoms with Crippen LogP contribution in [0.15, 0.2) is 9.59 Å². The van der Waals surface area contributed by atoms with E-state index in [2.05, 4.69) is 4.90 Å². The summed E-state index contributed by atoms with van der Waals surface area (Å²) in [6, 6.07) is -0.112. The highest BCUT2D eigenvalue weighted by Gasteiger charge is 2.39. The Labute approximate surface area is 193 Å². The van der Waals surface area contributed by atoms with Crippen molar-refractivity contribution in [3.63, 3.8) is 0 Å². The van der Waals surface area contributed by atoms with Gasteiger partial charge in [0.2, 0.25) is 5.88 Å². The van der Waals surface area contributed by atoms with Crippen molar-refractivity contribution < 1.29 is 14.6 Å². The van der Waals surface area contributed by atoms with Gasteiger partial charge in [0.25, 0.3) is 5.56 Å². The van der Waals surface area contributed by atoms with Gasteiger partial charge in [0.1, 0.15) is 17.0 Å². The standard InChI is InChI=1S/C22H36N6O5/c1-5-6-9-27-18(29)16(17(23)24)19(30)28(20(27)31)14-7-10-25(11-8-14)15-12-26(13-15)21(32)33-22(2,3)4/h14-15,29H,5-13H2,1-4H3,(H3,23,24). The van der Waals surface area contributed by atoms with E-state index in [9.17, 15) is 19.5 Å². The highest BCUT2D eigenvalue weighted by molar-refractivity contribution is 5.96. The second-order valence-corrected chi connectivity index (χ2v) is 9.88. The molecule has 0 radical (unpaired) electrons. The van der Waals surface area contributed by atoms with Gasteiger partial charge in [0.05, 0.1) is 0 Å². The summed E-state index contributed by atoms with van der Waals surface area (Å²) in [5.41, 5.74) is 3.45. The van der Waals surface area contributed by atoms with Crippen LogP contribution in [0.25, 0.3) is 0 Å². The minimum absolute atomic E-state index is 0.226. The number of amides is 1. The predicted molar refractivity (Wildman–Crippen MR) is 124 cm³/mol. The fourth-order valence-electron chi connectivity index (χ4n) is 4.40. The third-order valence-corrected chi connectivity index (χ3v) is 6.25. The second-order valence-electron chi connectivity index (χ2n) is 9.88. The minimum Gasteiger partial charge on any atom is -0.494 e. The zero-order chi connectivity index (χ0) is 24.5. The topological polar surface area (TPSA) is 147 Å². The molecule has 33 heavy (non-hydrogen) atoms. The van der Waals surface area contributed by atoms with E-state index in [0.717, 1.165) is 15.6 Å². The van der Waals surface area contributed by atoms with Crippen LogP contribution in [0.1, 0.15) is 65.0 Å². The van der Waals surface area contributed by atoms with Crippen LogP contribution in [0.4, 0.5) is 4.79 Å². The fraction of sp³-hybridized carbons (Fsp3) is 0.727. The number of carbonyl (C=O) groups is 1. The molecule has 0 spiro atoms. The monoisotopic (exact) mass is 464 g/mol. The molecule has 2 fully saturated rings. The second kappa shape index (κ2) is 9.58. The van der Waals surface area contributed by atoms with Gasteiger partial charge < -0.3 is 20.5 Å². The number of nitrogen functional groups attached to an aromatic ring is 1. The third-order valence-electron chi connectivity index (χ3n) is 6.25. The molecule has 2 aliphatic heterocycles. The molecule has 11 nitrogen and oxygen atoms in total. The molecule has 0 bridgehead atoms. The summed E-state index contributed by atoms with van der Waals surface area (Å²) in [5, 5.41) is 18.2. The quantitative estimate of drug-likeness (QED) is 0.421. The van der Waals surface area contributed by atoms with Gasteiger partial charge in [-0.2, -0.15) is 0 Å². The molecule has 3 heterocycles. The van der Waals surface area contributed by atoms with Crippen molar-refractivity contribution in [1.29, 1.82) is 5.41 Å². The number of amidine groups is 1. The molecule has 0 atom stereocenters. The van der Waals surface area contributed by atoms with Crippen LogP contribution in [0, 0.1) is 5.41 Å². The van der Waals surface area contributed by atoms with Crippen LogP contribution in [0.3, 0.4) is 0 Å². The van der Waals surface area contributed by atoms with Gasteiger partial charge in [-0.05, 0) is 40.0 Å². The van der Waals surface area contributed by atoms with E-state index < -0.39 is 28.6 Å². The third kappa shape index (κ3) is 5.23. The van der Waals surface area contributed by atoms with Gasteiger partial charge in [-0.1, -0.05) is 13.3 Å². The number of nitrogens with two attached hydrogens (primary N) is 1. The zero-order valence-corrected chi connectivity index (χ0v) is 20.0. The van der Waals surface area contributed by atoms with E-state index in [1.807, 2.05) is 27.7 Å². The number of carbonyl (C=O) groups excluding carboxylic acids is 1. The number of aromatic hydroxyl groups is 1. The van der Waals surface area contributed by atoms with Crippen molar-refractivity contribution in [2.45, 2.75) is 77.6 Å². The number of ether oxygens (including phenoxy) is 1. The molecule has 1 aromatic heterocycles. The maximum Gasteiger partial charge on any atom is 0.410 e. The first-order chi connectivity index (χ1) is 15.4. The van der Waals surface area contributed by atoms with Gasteiger partial charge in [-0.15, -0.1) is 0 Å². The Hall–Kier alpha value is -2.82. The van der Waals surface area contributed by atoms with Crippen molar-refractivity contribution in [3.05, 3.63) is 26.4 Å². The first-order valence-electron chi connectivity index (χ1n) is 11.6. The lowest BCUT2D eigenvalue weighted by atomic mass is 9.99. The number of nitrogens with one attached hydrogen (secondary N) is 1. The van der Waals surface area contributed by atoms with Gasteiger partial charge in [0, 0.05) is 44.8 Å². The first kappa shape index (κ1) is 24.8. The van der Waals surface area contributed by atoms with Crippen molar-refractivity contribution in [3.8, 4) is 5.88 Å². The fourth-order valence-corrected chi connectivity index (χ4v) is 4.40. The van der Waals surface area contributed by atoms with E-state index >= 15 is 0 Å². The van der Waals surface area contributed by atoms with Crippen LogP contribution < -0.4 is 17.0 Å². The SMILES string of the molecule is CCCCn1c(O)c(C(=N)N)c(=O)n(C2CCN(C3CN(C(=O)OC(C)(C)C)C3)CC2)c1=O. The van der Waals surface area contributed by atoms with Crippen molar-refractivity contribution in [2.75, 3.05) is 26.2 Å². The molecular weight excluding hydrogens is 428 g/mol. The number of rotatable bonds is 6. The van der Waals surface area contributed by atoms with Crippen LogP contribution in [-0.4, -0.2) is 73.8 Å². The smallest absolute Gasteiger partial charge is 0.410 e. The number of nitrogens with zero attached hydrogens (tertiary/aromatic N) is 4. The number of hydrogen-bond donors (Lipinski definition) is 3. The minimum atomic E-state index is -0.712. The summed E-state index contributed by atoms with van der Waals surface area (Å²) in [4.78, 5) is 42.2. The number of unbranched alkanes of at least 4 members (excludes halogenated alkanes) is 1. The largest absolute Gasteiger partial charge is 0.494 e. The van der Waals surface area contributed by atoms with E-state index in [-0.39, 0.29) is 30.3 Å². The molecule has 1 aromatic rings. The normalized spacial score (nSPS) is 18.2. The van der Waals surface area contributed by atoms with Gasteiger partial charge in [-0.3, -0.25) is 24.2 Å². The molecular formula is C22H36N6O5. The lowest BCUT2D eigenvalue weighted by molar-refractivity contribution is -0.0214. The molecule has 1 amide bonds. The summed E-state index contributed by atoms with van der Waals surface area (Å²) in [6.07, 6.45) is 2.30. The Bertz CT molecular complexity index is 1010. The average molecular weight is 465 g/mol. The number of hydrogen-bond acceptors (Lipinski definition) is 7. The molecule has 2 saturated heterocycles. The Morgan fingerprint density at radius 3 is 2.30 bits per heavy atom. The highest BCUT2D eigenvalue weighted by atomic mass is 16.6. The van der Waals surface area contributed by atoms with E-state index in [0.29, 0.717) is 45.4 Å². The maximum atomic E-state index is 13.1. The molecule has 0 unspecified atom stereocenters. The van der Waals surface area contributed by atoms with Gasteiger partial charge in [0.15, 0.2) is 0 Å². The Morgan fingerprint density at radius 2 is 1.79 bits per heavy atom. The molecule has 4 N–H and O–H groups in total. The van der Waals surface area contributed by atoms with E-state index in [1.54, 1.807) is 4.90 Å². The summed E-state index contributed by atoms with van der Waals surface area (Å²) < 4.78 is 7.72. The van der Waals surface area contributed by atoms with Gasteiger partial charge in [-0.25, -0.2) is 9.59 Å². The van der Waals surface area contributed by atoms with E-state index in [1.165, 1.54) is 0 Å². The molecule has 0 saturated carbocycles. The molecule has 2 aliphatic rings. The van der Waals surface area contributed by atoms with Crippen LogP contribution in [-0.2, 0) is 11.3 Å². The lowest BCUT2D eigenvalue weighted by Crippen LogP contribution is -2.63. The average Bonchev–Trinajstić information content (AvgIpc) is 2.66. The maximum absolute atomic E-state index is 13.1. The molecule has 0 aromatic carbocycles. The summed E-state index contributed by atoms with van der Waals surface area (Å²) in [5.74, 6) is -1.08. The predicted octanol–water partition coefficient (Wildman–Crippen LogP) is 1.06. The molecule has 3 rings (SSSR count). The zero-order valence-electron chi connectivity index (χ0n) is 20.0. The summed E-state index contributed by atoms with van der Waals surface area (Å²) in [6.45, 7) is 10.3. The molecule has 184 valence electrons. The van der Waals surface area contributed by atoms with Crippen LogP contribution in [0.5, 0.6) is 5.88 Å². The van der Waals surface area contributed by atoms with Crippen LogP contribution in [0.2, 0.25) is 0 Å². The number of aromatic nitrogens is 2. The Balaban J connectivity index is 1.71. The molecule has 11 heteroatoms. The van der Waals surface area contributed by atoms with Crippen molar-refractivity contribution in [1.82, 2.24) is 18.9 Å². The summed E-state index contributed by atoms with van der Waals surface area (Å²) >= 11 is 0. The van der Waals surface area contributed by atoms with Crippen molar-refractivity contribution in [2.24, 2.45) is 5.73 Å². The highest BCUT2D eigenvalue weighted by Crippen LogP contribution is 2.26. The van der Waals surface area contributed by atoms with Crippen LogP contribution >= 0.6 is 0 Å². The van der Waals surface area contributed by atoms with Crippen molar-refractivity contribution >= 4 is 11.9 Å². The molecule has 0 aliphatic carbocycles. The first-order valence-corrected chi connectivity index (χ1v) is 11.6. The lowest BCUT2D eigenvalue weighted by Gasteiger charge is -2.47. The Morgan fingerprint density at radius 1 is 1.18 bits per heavy atom. The van der Waals surface area contributed by atoms with Gasteiger partial charge >= 0.3 is 11.8 Å². The number of likely N-dealkylation sites (tertiary alicyclic amines) is 2. The number of piperidine rings is 1. The summed E-state index contributed by atoms with van der Waals surface area (Å²) in [7, 11) is 0. The Kier molecular flexibility index (Phi) is 7.20. The van der Waals surface area contributed by atoms with E-state index in [4.69, 9.17) is 15.9 Å².